The molecule has 4 nitrogen and oxygen atoms in total. The van der Waals surface area contributed by atoms with Crippen molar-refractivity contribution in [3.8, 4) is 22.8 Å². The maximum Gasteiger partial charge on any atom is 0.220 e. The summed E-state index contributed by atoms with van der Waals surface area (Å²) in [6.07, 6.45) is 1.64. The third-order valence-electron chi connectivity index (χ3n) is 2.78. The lowest BCUT2D eigenvalue weighted by Gasteiger charge is -2.07. The normalized spacial score (nSPS) is 10.2. The van der Waals surface area contributed by atoms with E-state index in [4.69, 9.17) is 10.5 Å². The van der Waals surface area contributed by atoms with Crippen LogP contribution in [0.2, 0.25) is 0 Å². The fourth-order valence-electron chi connectivity index (χ4n) is 1.88. The lowest BCUT2D eigenvalue weighted by Crippen LogP contribution is -1.95. The van der Waals surface area contributed by atoms with Gasteiger partial charge < -0.3 is 10.5 Å². The van der Waals surface area contributed by atoms with Crippen LogP contribution in [0.3, 0.4) is 0 Å². The summed E-state index contributed by atoms with van der Waals surface area (Å²) in [5, 5.41) is 0. The second-order valence-electron chi connectivity index (χ2n) is 4.24. The highest BCUT2D eigenvalue weighted by atomic mass is 16.5. The Morgan fingerprint density at radius 3 is 2.45 bits per heavy atom. The Hall–Kier alpha value is -2.88. The number of aromatic nitrogens is 2. The van der Waals surface area contributed by atoms with Gasteiger partial charge in [0.05, 0.1) is 5.69 Å². The van der Waals surface area contributed by atoms with E-state index in [1.165, 1.54) is 0 Å². The first-order valence-electron chi connectivity index (χ1n) is 6.23. The monoisotopic (exact) mass is 263 g/mol. The molecule has 0 unspecified atom stereocenters. The summed E-state index contributed by atoms with van der Waals surface area (Å²) in [5.74, 6) is 1.81. The predicted molar refractivity (Wildman–Crippen MR) is 78.4 cm³/mol. The molecule has 3 aromatic rings. The van der Waals surface area contributed by atoms with Crippen LogP contribution in [0, 0.1) is 0 Å². The first-order chi connectivity index (χ1) is 9.81. The average Bonchev–Trinajstić information content (AvgIpc) is 2.49. The Morgan fingerprint density at radius 1 is 0.850 bits per heavy atom. The molecule has 2 N–H and O–H groups in total. The molecule has 0 saturated carbocycles. The molecule has 0 radical (unpaired) electrons. The van der Waals surface area contributed by atoms with Crippen molar-refractivity contribution in [1.29, 1.82) is 0 Å². The summed E-state index contributed by atoms with van der Waals surface area (Å²) in [6.45, 7) is 0. The van der Waals surface area contributed by atoms with Crippen molar-refractivity contribution in [1.82, 2.24) is 9.97 Å². The van der Waals surface area contributed by atoms with Gasteiger partial charge in [0.25, 0.3) is 0 Å². The van der Waals surface area contributed by atoms with Crippen molar-refractivity contribution in [3.05, 3.63) is 66.9 Å². The zero-order valence-electron chi connectivity index (χ0n) is 10.7. The van der Waals surface area contributed by atoms with Gasteiger partial charge in [-0.3, -0.25) is 0 Å². The number of hydrogen-bond donors (Lipinski definition) is 1. The molecule has 0 atom stereocenters. The molecule has 2 aromatic carbocycles. The smallest absolute Gasteiger partial charge is 0.220 e. The predicted octanol–water partition coefficient (Wildman–Crippen LogP) is 3.52. The number of benzene rings is 2. The molecule has 0 amide bonds. The van der Waals surface area contributed by atoms with E-state index < -0.39 is 0 Å². The Balaban J connectivity index is 1.90. The Bertz CT molecular complexity index is 714. The van der Waals surface area contributed by atoms with Crippen LogP contribution in [0.5, 0.6) is 11.5 Å². The lowest BCUT2D eigenvalue weighted by molar-refractivity contribution is 0.483. The zero-order valence-corrected chi connectivity index (χ0v) is 10.7. The lowest BCUT2D eigenvalue weighted by atomic mass is 10.1. The van der Waals surface area contributed by atoms with E-state index in [0.717, 1.165) is 22.8 Å². The Kier molecular flexibility index (Phi) is 3.29. The van der Waals surface area contributed by atoms with Crippen molar-refractivity contribution < 1.29 is 4.74 Å². The molecule has 3 rings (SSSR count). The van der Waals surface area contributed by atoms with Crippen LogP contribution in [0.4, 0.5) is 5.95 Å². The highest BCUT2D eigenvalue weighted by molar-refractivity contribution is 5.61. The summed E-state index contributed by atoms with van der Waals surface area (Å²) < 4.78 is 5.80. The quantitative estimate of drug-likeness (QED) is 0.785. The first kappa shape index (κ1) is 12.2. The minimum Gasteiger partial charge on any atom is -0.457 e. The average molecular weight is 263 g/mol. The molecule has 0 aliphatic heterocycles. The van der Waals surface area contributed by atoms with E-state index >= 15 is 0 Å². The van der Waals surface area contributed by atoms with Gasteiger partial charge in [-0.05, 0) is 30.3 Å². The molecule has 1 aromatic heterocycles. The first-order valence-corrected chi connectivity index (χ1v) is 6.23. The second kappa shape index (κ2) is 5.40. The molecular formula is C16H13N3O. The topological polar surface area (TPSA) is 61.0 Å². The Morgan fingerprint density at radius 2 is 1.65 bits per heavy atom. The number of nitrogens with zero attached hydrogens (tertiary/aromatic N) is 2. The third-order valence-corrected chi connectivity index (χ3v) is 2.78. The van der Waals surface area contributed by atoms with E-state index in [1.54, 1.807) is 6.20 Å². The molecule has 1 heterocycles. The molecule has 0 bridgehead atoms. The molecule has 98 valence electrons. The van der Waals surface area contributed by atoms with Crippen LogP contribution in [0.25, 0.3) is 11.3 Å². The number of hydrogen-bond acceptors (Lipinski definition) is 4. The van der Waals surface area contributed by atoms with Gasteiger partial charge in [0, 0.05) is 11.8 Å². The van der Waals surface area contributed by atoms with Crippen LogP contribution in [0.15, 0.2) is 66.9 Å². The number of nitrogen functional groups attached to an aromatic ring is 1. The van der Waals surface area contributed by atoms with E-state index in [1.807, 2.05) is 60.7 Å². The molecule has 0 fully saturated rings. The minimum absolute atomic E-state index is 0.261. The van der Waals surface area contributed by atoms with E-state index in [0.29, 0.717) is 0 Å². The van der Waals surface area contributed by atoms with Crippen LogP contribution >= 0.6 is 0 Å². The van der Waals surface area contributed by atoms with Crippen LogP contribution in [0.1, 0.15) is 0 Å². The van der Waals surface area contributed by atoms with Crippen LogP contribution < -0.4 is 10.5 Å². The van der Waals surface area contributed by atoms with Gasteiger partial charge in [-0.25, -0.2) is 9.97 Å². The summed E-state index contributed by atoms with van der Waals surface area (Å²) in [6, 6.07) is 19.2. The van der Waals surface area contributed by atoms with Crippen molar-refractivity contribution in [2.45, 2.75) is 0 Å². The van der Waals surface area contributed by atoms with Crippen molar-refractivity contribution in [2.24, 2.45) is 0 Å². The summed E-state index contributed by atoms with van der Waals surface area (Å²) in [4.78, 5) is 8.09. The van der Waals surface area contributed by atoms with Crippen LogP contribution in [-0.2, 0) is 0 Å². The largest absolute Gasteiger partial charge is 0.457 e. The van der Waals surface area contributed by atoms with Crippen molar-refractivity contribution in [3.63, 3.8) is 0 Å². The highest BCUT2D eigenvalue weighted by Crippen LogP contribution is 2.26. The van der Waals surface area contributed by atoms with E-state index in [2.05, 4.69) is 9.97 Å². The Labute approximate surface area is 116 Å². The van der Waals surface area contributed by atoms with Crippen molar-refractivity contribution >= 4 is 5.95 Å². The number of ether oxygens (including phenoxy) is 1. The van der Waals surface area contributed by atoms with Crippen LogP contribution in [-0.4, -0.2) is 9.97 Å². The standard InChI is InChI=1S/C16H13N3O/c17-16-18-10-9-15(19-16)12-5-4-8-14(11-12)20-13-6-2-1-3-7-13/h1-11H,(H2,17,18,19). The SMILES string of the molecule is Nc1nccc(-c2cccc(Oc3ccccc3)c2)n1. The van der Waals surface area contributed by atoms with Gasteiger partial charge in [0.15, 0.2) is 0 Å². The van der Waals surface area contributed by atoms with Gasteiger partial charge in [-0.2, -0.15) is 0 Å². The molecular weight excluding hydrogens is 250 g/mol. The molecule has 4 heteroatoms. The molecule has 0 aliphatic carbocycles. The molecule has 0 saturated heterocycles. The maximum atomic E-state index is 5.80. The number of rotatable bonds is 3. The van der Waals surface area contributed by atoms with Gasteiger partial charge in [-0.1, -0.05) is 30.3 Å². The summed E-state index contributed by atoms with van der Waals surface area (Å²) >= 11 is 0. The van der Waals surface area contributed by atoms with Gasteiger partial charge in [-0.15, -0.1) is 0 Å². The fraction of sp³-hybridized carbons (Fsp3) is 0. The number of nitrogens with two attached hydrogens (primary N) is 1. The number of anilines is 1. The molecule has 20 heavy (non-hydrogen) atoms. The summed E-state index contributed by atoms with van der Waals surface area (Å²) in [5.41, 5.74) is 7.32. The van der Waals surface area contributed by atoms with E-state index in [-0.39, 0.29) is 5.95 Å². The minimum atomic E-state index is 0.261. The van der Waals surface area contributed by atoms with Gasteiger partial charge in [0.2, 0.25) is 5.95 Å². The number of para-hydroxylation sites is 1. The van der Waals surface area contributed by atoms with Gasteiger partial charge in [0.1, 0.15) is 11.5 Å². The third kappa shape index (κ3) is 2.75. The maximum absolute atomic E-state index is 5.80. The van der Waals surface area contributed by atoms with Gasteiger partial charge >= 0.3 is 0 Å². The highest BCUT2D eigenvalue weighted by Gasteiger charge is 2.03. The van der Waals surface area contributed by atoms with E-state index in [9.17, 15) is 0 Å². The fourth-order valence-corrected chi connectivity index (χ4v) is 1.88. The zero-order chi connectivity index (χ0) is 13.8. The van der Waals surface area contributed by atoms with Crippen molar-refractivity contribution in [2.75, 3.05) is 5.73 Å². The molecule has 0 aliphatic rings. The summed E-state index contributed by atoms with van der Waals surface area (Å²) in [7, 11) is 0. The second-order valence-corrected chi connectivity index (χ2v) is 4.24. The molecule has 0 spiro atoms.